The first-order chi connectivity index (χ1) is 15.2. The van der Waals surface area contributed by atoms with Crippen LogP contribution in [0.1, 0.15) is 12.0 Å². The first-order valence-corrected chi connectivity index (χ1v) is 10.1. The van der Waals surface area contributed by atoms with Crippen molar-refractivity contribution in [3.05, 3.63) is 75.7 Å². The predicted octanol–water partition coefficient (Wildman–Crippen LogP) is 4.04. The van der Waals surface area contributed by atoms with E-state index in [0.717, 1.165) is 16.0 Å². The molecule has 1 heterocycles. The SMILES string of the molecule is Cc1cn(C)c(=O)c(N(C(=O)NCCC(=O)O)c2cccc(-c3cccc(Cl)c3)c2)c1O. The average molecular weight is 456 g/mol. The monoisotopic (exact) mass is 455 g/mol. The van der Waals surface area contributed by atoms with Crippen LogP contribution in [0.15, 0.2) is 59.5 Å². The molecule has 0 saturated heterocycles. The van der Waals surface area contributed by atoms with Crippen molar-refractivity contribution in [1.82, 2.24) is 9.88 Å². The summed E-state index contributed by atoms with van der Waals surface area (Å²) in [7, 11) is 1.52. The molecule has 0 atom stereocenters. The minimum absolute atomic E-state index is 0.147. The quantitative estimate of drug-likeness (QED) is 0.519. The topological polar surface area (TPSA) is 112 Å². The largest absolute Gasteiger partial charge is 0.505 e. The van der Waals surface area contributed by atoms with Gasteiger partial charge in [-0.15, -0.1) is 0 Å². The van der Waals surface area contributed by atoms with Crippen LogP contribution < -0.4 is 15.8 Å². The lowest BCUT2D eigenvalue weighted by Gasteiger charge is -2.25. The highest BCUT2D eigenvalue weighted by Gasteiger charge is 2.26. The molecule has 2 amide bonds. The van der Waals surface area contributed by atoms with Gasteiger partial charge in [-0.25, -0.2) is 4.79 Å². The van der Waals surface area contributed by atoms with Gasteiger partial charge in [0.25, 0.3) is 5.56 Å². The van der Waals surface area contributed by atoms with Crippen LogP contribution in [0.3, 0.4) is 0 Å². The van der Waals surface area contributed by atoms with Crippen molar-refractivity contribution in [3.8, 4) is 16.9 Å². The molecule has 3 rings (SSSR count). The molecule has 0 aliphatic carbocycles. The minimum atomic E-state index is -1.07. The summed E-state index contributed by atoms with van der Waals surface area (Å²) in [6.45, 7) is 1.47. The zero-order chi connectivity index (χ0) is 23.4. The fourth-order valence-corrected chi connectivity index (χ4v) is 3.45. The predicted molar refractivity (Wildman–Crippen MR) is 123 cm³/mol. The third kappa shape index (κ3) is 4.92. The maximum Gasteiger partial charge on any atom is 0.326 e. The summed E-state index contributed by atoms with van der Waals surface area (Å²) in [5, 5.41) is 22.6. The van der Waals surface area contributed by atoms with E-state index < -0.39 is 17.6 Å². The maximum absolute atomic E-state index is 13.1. The Morgan fingerprint density at radius 1 is 1.12 bits per heavy atom. The summed E-state index contributed by atoms with van der Waals surface area (Å²) in [5.74, 6) is -1.41. The molecule has 0 aliphatic rings. The Labute approximate surface area is 189 Å². The number of aliphatic carboxylic acids is 1. The van der Waals surface area contributed by atoms with E-state index in [1.165, 1.54) is 17.8 Å². The van der Waals surface area contributed by atoms with Crippen LogP contribution in [0, 0.1) is 6.92 Å². The molecular formula is C23H22ClN3O5. The van der Waals surface area contributed by atoms with E-state index in [0.29, 0.717) is 16.3 Å². The highest BCUT2D eigenvalue weighted by molar-refractivity contribution is 6.30. The second-order valence-corrected chi connectivity index (χ2v) is 7.63. The van der Waals surface area contributed by atoms with Gasteiger partial charge < -0.3 is 20.1 Å². The average Bonchev–Trinajstić information content (AvgIpc) is 2.75. The van der Waals surface area contributed by atoms with Gasteiger partial charge >= 0.3 is 12.0 Å². The number of nitrogens with zero attached hydrogens (tertiary/aromatic N) is 2. The Morgan fingerprint density at radius 3 is 2.44 bits per heavy atom. The molecule has 0 spiro atoms. The smallest absolute Gasteiger partial charge is 0.326 e. The van der Waals surface area contributed by atoms with E-state index in [2.05, 4.69) is 5.32 Å². The van der Waals surface area contributed by atoms with Crippen LogP contribution >= 0.6 is 11.6 Å². The number of pyridine rings is 1. The summed E-state index contributed by atoms with van der Waals surface area (Å²) < 4.78 is 1.27. The van der Waals surface area contributed by atoms with E-state index in [1.54, 1.807) is 43.3 Å². The van der Waals surface area contributed by atoms with E-state index in [-0.39, 0.29) is 24.4 Å². The Morgan fingerprint density at radius 2 is 1.78 bits per heavy atom. The number of nitrogens with one attached hydrogen (secondary N) is 1. The Kier molecular flexibility index (Phi) is 6.85. The number of aromatic hydroxyl groups is 1. The number of hydrogen-bond acceptors (Lipinski definition) is 4. The van der Waals surface area contributed by atoms with Gasteiger partial charge in [0, 0.05) is 30.4 Å². The number of carbonyl (C=O) groups excluding carboxylic acids is 1. The van der Waals surface area contributed by atoms with Gasteiger partial charge in [-0.05, 0) is 42.3 Å². The number of carboxylic acids is 1. The molecule has 0 saturated carbocycles. The van der Waals surface area contributed by atoms with E-state index >= 15 is 0 Å². The van der Waals surface area contributed by atoms with E-state index in [4.69, 9.17) is 16.7 Å². The number of carbonyl (C=O) groups is 2. The van der Waals surface area contributed by atoms with Gasteiger partial charge in [0.1, 0.15) is 5.75 Å². The number of urea groups is 1. The number of anilines is 2. The number of aromatic nitrogens is 1. The number of carboxylic acid groups (broad SMARTS) is 1. The summed E-state index contributed by atoms with van der Waals surface area (Å²) >= 11 is 6.10. The van der Waals surface area contributed by atoms with Crippen molar-refractivity contribution in [2.75, 3.05) is 11.4 Å². The Hall–Kier alpha value is -3.78. The normalized spacial score (nSPS) is 10.6. The molecule has 1 aromatic heterocycles. The number of benzene rings is 2. The molecule has 0 unspecified atom stereocenters. The molecule has 8 nitrogen and oxygen atoms in total. The number of amides is 2. The van der Waals surface area contributed by atoms with Gasteiger partial charge in [-0.3, -0.25) is 14.5 Å². The number of rotatable bonds is 6. The van der Waals surface area contributed by atoms with Gasteiger partial charge in [0.05, 0.1) is 12.1 Å². The molecule has 0 radical (unpaired) electrons. The fourth-order valence-electron chi connectivity index (χ4n) is 3.26. The second kappa shape index (κ2) is 9.57. The van der Waals surface area contributed by atoms with Crippen molar-refractivity contribution in [2.24, 2.45) is 7.05 Å². The van der Waals surface area contributed by atoms with Crippen LogP contribution in [0.2, 0.25) is 5.02 Å². The van der Waals surface area contributed by atoms with Crippen molar-refractivity contribution in [3.63, 3.8) is 0 Å². The van der Waals surface area contributed by atoms with Crippen LogP contribution in [0.25, 0.3) is 11.1 Å². The fraction of sp³-hybridized carbons (Fsp3) is 0.174. The summed E-state index contributed by atoms with van der Waals surface area (Å²) in [6, 6.07) is 13.2. The van der Waals surface area contributed by atoms with Gasteiger partial charge in [-0.1, -0.05) is 35.9 Å². The van der Waals surface area contributed by atoms with Crippen LogP contribution in [-0.4, -0.2) is 33.3 Å². The van der Waals surface area contributed by atoms with E-state index in [9.17, 15) is 19.5 Å². The highest BCUT2D eigenvalue weighted by Crippen LogP contribution is 2.34. The van der Waals surface area contributed by atoms with Crippen LogP contribution in [-0.2, 0) is 11.8 Å². The molecule has 32 heavy (non-hydrogen) atoms. The Bertz CT molecular complexity index is 1240. The van der Waals surface area contributed by atoms with Crippen molar-refractivity contribution < 1.29 is 19.8 Å². The minimum Gasteiger partial charge on any atom is -0.505 e. The van der Waals surface area contributed by atoms with Gasteiger partial charge in [0.2, 0.25) is 0 Å². The van der Waals surface area contributed by atoms with Crippen molar-refractivity contribution >= 4 is 35.0 Å². The summed E-state index contributed by atoms with van der Waals surface area (Å²) in [5.41, 5.74) is 1.42. The molecule has 0 bridgehead atoms. The zero-order valence-corrected chi connectivity index (χ0v) is 18.3. The summed E-state index contributed by atoms with van der Waals surface area (Å²) in [6.07, 6.45) is 1.17. The van der Waals surface area contributed by atoms with Crippen LogP contribution in [0.5, 0.6) is 5.75 Å². The highest BCUT2D eigenvalue weighted by atomic mass is 35.5. The molecule has 3 N–H and O–H groups in total. The maximum atomic E-state index is 13.1. The number of hydrogen-bond donors (Lipinski definition) is 3. The standard InChI is InChI=1S/C23H22ClN3O5/c1-14-13-26(2)22(31)20(21(14)30)27(23(32)25-10-9-19(28)29)18-8-4-6-16(12-18)15-5-3-7-17(24)11-15/h3-8,11-13,30H,9-10H2,1-2H3,(H,25,32)(H,28,29). The number of aryl methyl sites for hydroxylation is 2. The molecule has 0 aliphatic heterocycles. The first-order valence-electron chi connectivity index (χ1n) is 9.74. The molecule has 3 aromatic rings. The van der Waals surface area contributed by atoms with Crippen molar-refractivity contribution in [1.29, 1.82) is 0 Å². The first kappa shape index (κ1) is 22.9. The van der Waals surface area contributed by atoms with Gasteiger partial charge in [-0.2, -0.15) is 0 Å². The second-order valence-electron chi connectivity index (χ2n) is 7.20. The lowest BCUT2D eigenvalue weighted by molar-refractivity contribution is -0.136. The third-order valence-electron chi connectivity index (χ3n) is 4.81. The molecule has 9 heteroatoms. The number of halogens is 1. The molecule has 0 fully saturated rings. The molecule has 166 valence electrons. The van der Waals surface area contributed by atoms with Crippen LogP contribution in [0.4, 0.5) is 16.2 Å². The lowest BCUT2D eigenvalue weighted by atomic mass is 10.0. The van der Waals surface area contributed by atoms with Gasteiger partial charge in [0.15, 0.2) is 5.69 Å². The summed E-state index contributed by atoms with van der Waals surface area (Å²) in [4.78, 5) is 37.9. The Balaban J connectivity index is 2.14. The molecule has 2 aromatic carbocycles. The zero-order valence-electron chi connectivity index (χ0n) is 17.5. The van der Waals surface area contributed by atoms with E-state index in [1.807, 2.05) is 12.1 Å². The molecular weight excluding hydrogens is 434 g/mol. The van der Waals surface area contributed by atoms with Crippen molar-refractivity contribution in [2.45, 2.75) is 13.3 Å². The third-order valence-corrected chi connectivity index (χ3v) is 5.05. The lowest BCUT2D eigenvalue weighted by Crippen LogP contribution is -2.41.